The largest absolute Gasteiger partial charge is 0.484 e. The Kier molecular flexibility index (Phi) is 6.61. The van der Waals surface area contributed by atoms with Gasteiger partial charge in [0.2, 0.25) is 5.13 Å². The summed E-state index contributed by atoms with van der Waals surface area (Å²) in [5.74, 6) is 0.812. The molecule has 0 radical (unpaired) electrons. The molecule has 0 atom stereocenters. The van der Waals surface area contributed by atoms with Gasteiger partial charge in [0, 0.05) is 17.1 Å². The quantitative estimate of drug-likeness (QED) is 0.314. The minimum absolute atomic E-state index is 0.0979. The number of carbonyl (C=O) groups is 1. The van der Waals surface area contributed by atoms with Gasteiger partial charge in [0.25, 0.3) is 5.91 Å². The molecule has 0 unspecified atom stereocenters. The van der Waals surface area contributed by atoms with Crippen LogP contribution in [0.4, 0.5) is 10.9 Å². The second kappa shape index (κ2) is 10.1. The van der Waals surface area contributed by atoms with E-state index in [0.29, 0.717) is 16.7 Å². The van der Waals surface area contributed by atoms with Crippen LogP contribution in [0.5, 0.6) is 5.75 Å². The molecule has 0 aliphatic heterocycles. The van der Waals surface area contributed by atoms with Crippen LogP contribution >= 0.6 is 11.3 Å². The molecule has 2 aromatic heterocycles. The van der Waals surface area contributed by atoms with Gasteiger partial charge in [-0.3, -0.25) is 10.2 Å². The number of hydrogen-bond acceptors (Lipinski definition) is 7. The van der Waals surface area contributed by atoms with E-state index in [9.17, 15) is 4.79 Å². The monoisotopic (exact) mass is 429 g/mol. The lowest BCUT2D eigenvalue weighted by molar-refractivity contribution is -0.118. The number of nitrogens with one attached hydrogen (secondary N) is 2. The lowest BCUT2D eigenvalue weighted by Gasteiger charge is -2.07. The second-order valence-electron chi connectivity index (χ2n) is 6.39. The Bertz CT molecular complexity index is 1150. The van der Waals surface area contributed by atoms with Crippen molar-refractivity contribution < 1.29 is 9.53 Å². The summed E-state index contributed by atoms with van der Waals surface area (Å²) in [7, 11) is 0. The van der Waals surface area contributed by atoms with Crippen LogP contribution in [0, 0.1) is 0 Å². The number of hydrogen-bond donors (Lipinski definition) is 2. The fourth-order valence-corrected chi connectivity index (χ4v) is 3.31. The number of hydrazone groups is 1. The minimum Gasteiger partial charge on any atom is -0.484 e. The second-order valence-corrected chi connectivity index (χ2v) is 7.25. The Hall–Kier alpha value is -4.04. The van der Waals surface area contributed by atoms with Crippen LogP contribution in [0.3, 0.4) is 0 Å². The summed E-state index contributed by atoms with van der Waals surface area (Å²) < 4.78 is 5.51. The molecular weight excluding hydrogens is 410 g/mol. The van der Waals surface area contributed by atoms with Crippen molar-refractivity contribution in [3.8, 4) is 17.0 Å². The van der Waals surface area contributed by atoms with E-state index < -0.39 is 0 Å². The molecule has 0 spiro atoms. The molecule has 0 aliphatic rings. The first-order chi connectivity index (χ1) is 15.3. The summed E-state index contributed by atoms with van der Waals surface area (Å²) in [5.41, 5.74) is 5.82. The molecule has 2 heterocycles. The van der Waals surface area contributed by atoms with E-state index >= 15 is 0 Å². The van der Waals surface area contributed by atoms with Crippen molar-refractivity contribution in [1.82, 2.24) is 9.97 Å². The van der Waals surface area contributed by atoms with Gasteiger partial charge in [-0.2, -0.15) is 5.10 Å². The maximum absolute atomic E-state index is 11.9. The molecule has 1 amide bonds. The smallest absolute Gasteiger partial charge is 0.263 e. The number of aromatic nitrogens is 2. The third-order valence-corrected chi connectivity index (χ3v) is 4.88. The zero-order valence-corrected chi connectivity index (χ0v) is 17.3. The van der Waals surface area contributed by atoms with Gasteiger partial charge in [0.1, 0.15) is 11.6 Å². The topological polar surface area (TPSA) is 88.5 Å². The molecule has 8 heteroatoms. The van der Waals surface area contributed by atoms with Gasteiger partial charge in [-0.25, -0.2) is 9.97 Å². The maximum atomic E-state index is 11.9. The van der Waals surface area contributed by atoms with Gasteiger partial charge in [-0.15, -0.1) is 11.3 Å². The molecule has 31 heavy (non-hydrogen) atoms. The third-order valence-electron chi connectivity index (χ3n) is 4.13. The SMILES string of the molecule is O=C(COc1ccc(C=NNc2nc(-c3ccccc3)cs2)cc1)Nc1ccccn1. The number of carbonyl (C=O) groups excluding carboxylic acids is 1. The highest BCUT2D eigenvalue weighted by Crippen LogP contribution is 2.24. The Balaban J connectivity index is 1.25. The highest BCUT2D eigenvalue weighted by atomic mass is 32.1. The van der Waals surface area contributed by atoms with Crippen molar-refractivity contribution in [3.05, 3.63) is 89.9 Å². The Morgan fingerprint density at radius 1 is 1.03 bits per heavy atom. The predicted molar refractivity (Wildman–Crippen MR) is 124 cm³/mol. The summed E-state index contributed by atoms with van der Waals surface area (Å²) in [6.07, 6.45) is 3.31. The van der Waals surface area contributed by atoms with Gasteiger partial charge in [0.15, 0.2) is 6.61 Å². The van der Waals surface area contributed by atoms with Gasteiger partial charge < -0.3 is 10.1 Å². The van der Waals surface area contributed by atoms with Gasteiger partial charge in [0.05, 0.1) is 11.9 Å². The van der Waals surface area contributed by atoms with Crippen LogP contribution in [0.2, 0.25) is 0 Å². The minimum atomic E-state index is -0.271. The van der Waals surface area contributed by atoms with Crippen LogP contribution in [-0.2, 0) is 4.79 Å². The Morgan fingerprint density at radius 2 is 1.84 bits per heavy atom. The van der Waals surface area contributed by atoms with Crippen LogP contribution in [0.25, 0.3) is 11.3 Å². The zero-order valence-electron chi connectivity index (χ0n) is 16.4. The van der Waals surface area contributed by atoms with Crippen molar-refractivity contribution in [2.24, 2.45) is 5.10 Å². The Labute approximate surface area is 183 Å². The summed E-state index contributed by atoms with van der Waals surface area (Å²) >= 11 is 1.49. The third kappa shape index (κ3) is 5.97. The maximum Gasteiger partial charge on any atom is 0.263 e. The molecule has 7 nitrogen and oxygen atoms in total. The fourth-order valence-electron chi connectivity index (χ4n) is 2.64. The van der Waals surface area contributed by atoms with Crippen LogP contribution < -0.4 is 15.5 Å². The van der Waals surface area contributed by atoms with Crippen molar-refractivity contribution in [2.75, 3.05) is 17.3 Å². The first kappa shape index (κ1) is 20.2. The zero-order chi connectivity index (χ0) is 21.3. The van der Waals surface area contributed by atoms with E-state index in [4.69, 9.17) is 4.74 Å². The molecule has 2 aromatic carbocycles. The summed E-state index contributed by atoms with van der Waals surface area (Å²) in [5, 5.41) is 9.61. The van der Waals surface area contributed by atoms with Gasteiger partial charge >= 0.3 is 0 Å². The number of anilines is 2. The number of amides is 1. The average Bonchev–Trinajstić information content (AvgIpc) is 3.29. The first-order valence-corrected chi connectivity index (χ1v) is 10.4. The molecule has 0 fully saturated rings. The number of benzene rings is 2. The molecular formula is C23H19N5O2S. The van der Waals surface area contributed by atoms with Crippen molar-refractivity contribution in [1.29, 1.82) is 0 Å². The van der Waals surface area contributed by atoms with Crippen molar-refractivity contribution in [2.45, 2.75) is 0 Å². The molecule has 0 saturated heterocycles. The first-order valence-electron chi connectivity index (χ1n) is 9.50. The molecule has 4 rings (SSSR count). The highest BCUT2D eigenvalue weighted by Gasteiger charge is 2.05. The van der Waals surface area contributed by atoms with Crippen LogP contribution in [-0.4, -0.2) is 28.7 Å². The molecule has 4 aromatic rings. The standard InChI is InChI=1S/C23H19N5O2S/c29-22(27-21-8-4-5-13-24-21)15-30-19-11-9-17(10-12-19)14-25-28-23-26-20(16-31-23)18-6-2-1-3-7-18/h1-14,16H,15H2,(H,26,28)(H,24,27,29). The van der Waals surface area contributed by atoms with E-state index in [1.165, 1.54) is 11.3 Å². The van der Waals surface area contributed by atoms with E-state index in [2.05, 4.69) is 25.8 Å². The number of pyridine rings is 1. The fraction of sp³-hybridized carbons (Fsp3) is 0.0435. The number of rotatable bonds is 8. The number of thiazole rings is 1. The molecule has 0 aliphatic carbocycles. The van der Waals surface area contributed by atoms with E-state index in [1.54, 1.807) is 42.7 Å². The number of ether oxygens (including phenoxy) is 1. The highest BCUT2D eigenvalue weighted by molar-refractivity contribution is 7.14. The number of nitrogens with zero attached hydrogens (tertiary/aromatic N) is 3. The van der Waals surface area contributed by atoms with Crippen LogP contribution in [0.1, 0.15) is 5.56 Å². The summed E-state index contributed by atoms with van der Waals surface area (Å²) in [6.45, 7) is -0.0979. The predicted octanol–water partition coefficient (Wildman–Crippen LogP) is 4.67. The molecule has 0 bridgehead atoms. The Morgan fingerprint density at radius 3 is 2.61 bits per heavy atom. The summed E-state index contributed by atoms with van der Waals surface area (Å²) in [6, 6.07) is 22.6. The molecule has 0 saturated carbocycles. The van der Waals surface area contributed by atoms with Gasteiger partial charge in [-0.05, 0) is 42.0 Å². The summed E-state index contributed by atoms with van der Waals surface area (Å²) in [4.78, 5) is 20.5. The van der Waals surface area contributed by atoms with E-state index in [0.717, 1.165) is 16.8 Å². The molecule has 2 N–H and O–H groups in total. The lowest BCUT2D eigenvalue weighted by Crippen LogP contribution is -2.20. The van der Waals surface area contributed by atoms with Crippen molar-refractivity contribution >= 4 is 34.4 Å². The average molecular weight is 430 g/mol. The normalized spacial score (nSPS) is 10.7. The van der Waals surface area contributed by atoms with Gasteiger partial charge in [-0.1, -0.05) is 36.4 Å². The van der Waals surface area contributed by atoms with E-state index in [-0.39, 0.29) is 12.5 Å². The van der Waals surface area contributed by atoms with Crippen molar-refractivity contribution in [3.63, 3.8) is 0 Å². The molecule has 154 valence electrons. The lowest BCUT2D eigenvalue weighted by atomic mass is 10.2. The van der Waals surface area contributed by atoms with E-state index in [1.807, 2.05) is 47.8 Å². The van der Waals surface area contributed by atoms with Crippen LogP contribution in [0.15, 0.2) is 89.5 Å².